The maximum Gasteiger partial charge on any atom is 0.242 e. The number of hydrogen-bond donors (Lipinski definition) is 1. The molecule has 6 heteroatoms. The van der Waals surface area contributed by atoms with E-state index >= 15 is 0 Å². The van der Waals surface area contributed by atoms with E-state index in [-0.39, 0.29) is 11.9 Å². The molecular weight excluding hydrogens is 326 g/mol. The van der Waals surface area contributed by atoms with Crippen molar-refractivity contribution < 1.29 is 4.79 Å². The van der Waals surface area contributed by atoms with Gasteiger partial charge in [0.2, 0.25) is 5.91 Å². The molecule has 0 aromatic carbocycles. The molecule has 1 fully saturated rings. The second-order valence-electron chi connectivity index (χ2n) is 5.40. The van der Waals surface area contributed by atoms with E-state index in [1.165, 1.54) is 4.88 Å². The first kappa shape index (κ1) is 15.0. The van der Waals surface area contributed by atoms with Crippen LogP contribution in [-0.2, 0) is 4.79 Å². The Morgan fingerprint density at radius 2 is 2.21 bits per heavy atom. The van der Waals surface area contributed by atoms with Gasteiger partial charge in [-0.2, -0.15) is 0 Å². The Labute approximate surface area is 126 Å². The van der Waals surface area contributed by atoms with Gasteiger partial charge in [0, 0.05) is 41.4 Å². The molecule has 1 unspecified atom stereocenters. The van der Waals surface area contributed by atoms with Crippen LogP contribution in [0, 0.1) is 0 Å². The maximum absolute atomic E-state index is 12.4. The smallest absolute Gasteiger partial charge is 0.242 e. The van der Waals surface area contributed by atoms with Crippen LogP contribution in [0.25, 0.3) is 0 Å². The molecule has 0 bridgehead atoms. The van der Waals surface area contributed by atoms with Crippen LogP contribution in [-0.4, -0.2) is 47.9 Å². The van der Waals surface area contributed by atoms with Crippen molar-refractivity contribution in [2.75, 3.05) is 26.7 Å². The fraction of sp³-hybridized carbons (Fsp3) is 0.615. The molecule has 0 aliphatic carbocycles. The van der Waals surface area contributed by atoms with Gasteiger partial charge in [0.05, 0.1) is 11.6 Å². The van der Waals surface area contributed by atoms with E-state index in [0.29, 0.717) is 6.54 Å². The molecule has 106 valence electrons. The highest BCUT2D eigenvalue weighted by Gasteiger charge is 2.43. The second-order valence-corrected chi connectivity index (χ2v) is 7.26. The third-order valence-electron chi connectivity index (χ3n) is 3.78. The number of hydrogen-bond acceptors (Lipinski definition) is 4. The lowest BCUT2D eigenvalue weighted by molar-refractivity contribution is -0.149. The average molecular weight is 346 g/mol. The Hall–Kier alpha value is -0.430. The van der Waals surface area contributed by atoms with Crippen LogP contribution in [0.1, 0.15) is 24.8 Å². The molecule has 1 atom stereocenters. The van der Waals surface area contributed by atoms with Gasteiger partial charge in [0.1, 0.15) is 0 Å². The number of likely N-dealkylation sites (N-methyl/N-ethyl adjacent to an activating group) is 1. The Morgan fingerprint density at radius 1 is 1.53 bits per heavy atom. The summed E-state index contributed by atoms with van der Waals surface area (Å²) >= 11 is 5.16. The Kier molecular flexibility index (Phi) is 4.35. The van der Waals surface area contributed by atoms with Gasteiger partial charge in [-0.15, -0.1) is 11.3 Å². The predicted octanol–water partition coefficient (Wildman–Crippen LogP) is 2.06. The number of rotatable bonds is 3. The van der Waals surface area contributed by atoms with Crippen molar-refractivity contribution >= 4 is 33.2 Å². The molecule has 1 aromatic rings. The van der Waals surface area contributed by atoms with E-state index in [4.69, 9.17) is 5.73 Å². The van der Waals surface area contributed by atoms with Gasteiger partial charge in [0.15, 0.2) is 0 Å². The topological polar surface area (TPSA) is 49.6 Å². The molecule has 0 spiro atoms. The third kappa shape index (κ3) is 2.72. The zero-order chi connectivity index (χ0) is 14.2. The zero-order valence-electron chi connectivity index (χ0n) is 11.5. The lowest BCUT2D eigenvalue weighted by Gasteiger charge is -2.48. The number of nitrogens with zero attached hydrogens (tertiary/aromatic N) is 2. The molecule has 1 aliphatic rings. The second kappa shape index (κ2) is 5.52. The van der Waals surface area contributed by atoms with E-state index < -0.39 is 5.54 Å². The van der Waals surface area contributed by atoms with Gasteiger partial charge in [-0.05, 0) is 35.8 Å². The first-order chi connectivity index (χ1) is 8.87. The number of carbonyl (C=O) groups is 1. The highest BCUT2D eigenvalue weighted by molar-refractivity contribution is 9.10. The van der Waals surface area contributed by atoms with E-state index in [1.54, 1.807) is 16.2 Å². The minimum absolute atomic E-state index is 0.101. The van der Waals surface area contributed by atoms with E-state index in [1.807, 2.05) is 20.9 Å². The van der Waals surface area contributed by atoms with Crippen molar-refractivity contribution in [1.29, 1.82) is 0 Å². The van der Waals surface area contributed by atoms with Gasteiger partial charge >= 0.3 is 0 Å². The quantitative estimate of drug-likeness (QED) is 0.912. The number of amides is 1. The first-order valence-corrected chi connectivity index (χ1v) is 8.01. The summed E-state index contributed by atoms with van der Waals surface area (Å²) in [6.45, 7) is 6.10. The van der Waals surface area contributed by atoms with Crippen LogP contribution in [0.4, 0.5) is 0 Å². The normalized spacial score (nSPS) is 21.7. The van der Waals surface area contributed by atoms with Crippen LogP contribution >= 0.6 is 27.3 Å². The largest absolute Gasteiger partial charge is 0.343 e. The maximum atomic E-state index is 12.4. The van der Waals surface area contributed by atoms with Crippen LogP contribution in [0.3, 0.4) is 0 Å². The molecule has 0 saturated carbocycles. The molecule has 4 nitrogen and oxygen atoms in total. The molecule has 1 aliphatic heterocycles. The third-order valence-corrected chi connectivity index (χ3v) is 5.57. The van der Waals surface area contributed by atoms with Crippen molar-refractivity contribution in [2.45, 2.75) is 25.4 Å². The summed E-state index contributed by atoms with van der Waals surface area (Å²) in [5, 5.41) is 2.06. The molecule has 2 N–H and O–H groups in total. The van der Waals surface area contributed by atoms with Crippen molar-refractivity contribution in [1.82, 2.24) is 9.80 Å². The fourth-order valence-corrected chi connectivity index (χ4v) is 4.24. The monoisotopic (exact) mass is 345 g/mol. The van der Waals surface area contributed by atoms with Gasteiger partial charge in [-0.1, -0.05) is 0 Å². The Balaban J connectivity index is 2.30. The Morgan fingerprint density at radius 3 is 2.74 bits per heavy atom. The number of thiophene rings is 1. The van der Waals surface area contributed by atoms with E-state index in [2.05, 4.69) is 32.3 Å². The highest BCUT2D eigenvalue weighted by Crippen LogP contribution is 2.35. The summed E-state index contributed by atoms with van der Waals surface area (Å²) < 4.78 is 1.07. The van der Waals surface area contributed by atoms with Crippen LogP contribution < -0.4 is 5.73 Å². The van der Waals surface area contributed by atoms with Crippen molar-refractivity contribution in [3.05, 3.63) is 20.8 Å². The van der Waals surface area contributed by atoms with Crippen molar-refractivity contribution in [2.24, 2.45) is 5.73 Å². The van der Waals surface area contributed by atoms with E-state index in [9.17, 15) is 4.79 Å². The summed E-state index contributed by atoms with van der Waals surface area (Å²) in [5.74, 6) is 0.160. The zero-order valence-corrected chi connectivity index (χ0v) is 13.9. The minimum Gasteiger partial charge on any atom is -0.343 e. The Bertz CT molecular complexity index is 474. The predicted molar refractivity (Wildman–Crippen MR) is 82.2 cm³/mol. The fourth-order valence-electron chi connectivity index (χ4n) is 2.67. The number of carbonyl (C=O) groups excluding carboxylic acids is 1. The lowest BCUT2D eigenvalue weighted by atomic mass is 9.95. The summed E-state index contributed by atoms with van der Waals surface area (Å²) in [4.78, 5) is 17.6. The lowest BCUT2D eigenvalue weighted by Crippen LogP contribution is -2.63. The number of piperazine rings is 1. The molecule has 1 amide bonds. The molecule has 2 heterocycles. The number of halogens is 1. The van der Waals surface area contributed by atoms with Crippen LogP contribution in [0.2, 0.25) is 0 Å². The average Bonchev–Trinajstić information content (AvgIpc) is 2.77. The van der Waals surface area contributed by atoms with Crippen LogP contribution in [0.5, 0.6) is 0 Å². The summed E-state index contributed by atoms with van der Waals surface area (Å²) in [6.07, 6.45) is 0. The standard InChI is InChI=1S/C13H20BrN3OS/c1-13(2)12(18)16(3)4-5-17(13)10(7-15)11-6-9(14)8-19-11/h6,8,10H,4-5,7,15H2,1-3H3. The van der Waals surface area contributed by atoms with Crippen molar-refractivity contribution in [3.8, 4) is 0 Å². The van der Waals surface area contributed by atoms with Crippen molar-refractivity contribution in [3.63, 3.8) is 0 Å². The van der Waals surface area contributed by atoms with Gasteiger partial charge in [-0.25, -0.2) is 0 Å². The molecular formula is C13H20BrN3OS. The van der Waals surface area contributed by atoms with E-state index in [0.717, 1.165) is 17.6 Å². The molecule has 19 heavy (non-hydrogen) atoms. The van der Waals surface area contributed by atoms with Gasteiger partial charge < -0.3 is 10.6 Å². The van der Waals surface area contributed by atoms with Gasteiger partial charge in [0.25, 0.3) is 0 Å². The minimum atomic E-state index is -0.506. The summed E-state index contributed by atoms with van der Waals surface area (Å²) in [7, 11) is 1.86. The molecule has 1 aromatic heterocycles. The van der Waals surface area contributed by atoms with Gasteiger partial charge in [-0.3, -0.25) is 9.69 Å². The summed E-state index contributed by atoms with van der Waals surface area (Å²) in [5.41, 5.74) is 5.46. The summed E-state index contributed by atoms with van der Waals surface area (Å²) in [6, 6.07) is 2.20. The van der Waals surface area contributed by atoms with Crippen LogP contribution in [0.15, 0.2) is 15.9 Å². The number of nitrogens with two attached hydrogens (primary N) is 1. The molecule has 1 saturated heterocycles. The molecule has 0 radical (unpaired) electrons. The SMILES string of the molecule is CN1CCN(C(CN)c2cc(Br)cs2)C(C)(C)C1=O. The first-order valence-electron chi connectivity index (χ1n) is 6.34. The molecule has 2 rings (SSSR count). The highest BCUT2D eigenvalue weighted by atomic mass is 79.9.